The number of aliphatic hydroxyl groups excluding tert-OH is 2. The summed E-state index contributed by atoms with van der Waals surface area (Å²) in [4.78, 5) is 24.0. The number of fused-ring (bicyclic) bond motifs is 5. The van der Waals surface area contributed by atoms with E-state index in [2.05, 4.69) is 19.2 Å². The minimum atomic E-state index is -0.115. The fourth-order valence-electron chi connectivity index (χ4n) is 9.70. The number of rotatable bonds is 14. The van der Waals surface area contributed by atoms with Crippen LogP contribution in [0, 0.1) is 40.4 Å². The van der Waals surface area contributed by atoms with E-state index in [4.69, 9.17) is 5.11 Å². The van der Waals surface area contributed by atoms with E-state index in [0.717, 1.165) is 56.3 Å². The minimum absolute atomic E-state index is 0.0125. The molecule has 0 aliphatic heterocycles. The lowest BCUT2D eigenvalue weighted by Crippen LogP contribution is -2.57. The molecule has 0 saturated heterocycles. The van der Waals surface area contributed by atoms with E-state index >= 15 is 0 Å². The number of carbonyl (C=O) groups excluding carboxylic acids is 2. The summed E-state index contributed by atoms with van der Waals surface area (Å²) in [7, 11) is 0. The Morgan fingerprint density at radius 2 is 1.55 bits per heavy atom. The molecule has 5 heteroatoms. The fraction of sp³-hybridized carbons (Fsp3) is 0.939. The third-order valence-corrected chi connectivity index (χ3v) is 12.0. The second-order valence-electron chi connectivity index (χ2n) is 14.2. The van der Waals surface area contributed by atoms with Gasteiger partial charge in [0.15, 0.2) is 0 Å². The molecule has 0 aromatic heterocycles. The topological polar surface area (TPSA) is 86.6 Å². The molecular formula is C33H57NO4. The van der Waals surface area contributed by atoms with Crippen LogP contribution in [-0.4, -0.2) is 41.2 Å². The van der Waals surface area contributed by atoms with Crippen LogP contribution in [0.5, 0.6) is 0 Å². The number of nitrogens with one attached hydrogen (secondary N) is 1. The summed E-state index contributed by atoms with van der Waals surface area (Å²) in [6.45, 7) is 5.31. The van der Waals surface area contributed by atoms with Gasteiger partial charge in [0, 0.05) is 25.8 Å². The highest BCUT2D eigenvalue weighted by molar-refractivity contribution is 5.79. The lowest BCUT2D eigenvalue weighted by molar-refractivity contribution is -0.156. The average Bonchev–Trinajstić information content (AvgIpc) is 3.20. The van der Waals surface area contributed by atoms with Crippen molar-refractivity contribution in [2.24, 2.45) is 40.4 Å². The standard InChI is InChI=1S/C33H57NO4/c1-32-18-16-26(36)23-25(32)22-24(31-27-14-15-29(37)33(27,2)19-17-28(31)32)12-10-8-6-4-3-5-7-9-11-13-30(38)34-20-21-35/h24-25,27-29,31,35,37H,3-23H2,1-2H3,(H,34,38)/t24-,25+,27+,28+,29+,31+,32+,33+/m1/s1. The summed E-state index contributed by atoms with van der Waals surface area (Å²) in [5.74, 6) is 4.09. The van der Waals surface area contributed by atoms with Gasteiger partial charge in [0.25, 0.3) is 0 Å². The predicted molar refractivity (Wildman–Crippen MR) is 152 cm³/mol. The number of carbonyl (C=O) groups is 2. The van der Waals surface area contributed by atoms with Crippen molar-refractivity contribution < 1.29 is 19.8 Å². The van der Waals surface area contributed by atoms with Gasteiger partial charge in [-0.05, 0) is 85.4 Å². The van der Waals surface area contributed by atoms with Crippen LogP contribution in [0.2, 0.25) is 0 Å². The summed E-state index contributed by atoms with van der Waals surface area (Å²) in [5.41, 5.74) is 0.462. The third-order valence-electron chi connectivity index (χ3n) is 12.0. The summed E-state index contributed by atoms with van der Waals surface area (Å²) in [6, 6.07) is 0. The number of Topliss-reactive ketones (excluding diaryl/α,β-unsaturated/α-hetero) is 1. The summed E-state index contributed by atoms with van der Waals surface area (Å²) >= 11 is 0. The largest absolute Gasteiger partial charge is 0.395 e. The molecule has 1 amide bonds. The Morgan fingerprint density at radius 3 is 2.26 bits per heavy atom. The Kier molecular flexibility index (Phi) is 10.8. The highest BCUT2D eigenvalue weighted by Gasteiger charge is 2.62. The molecule has 0 spiro atoms. The Bertz CT molecular complexity index is 785. The normalized spacial score (nSPS) is 38.4. The molecule has 4 fully saturated rings. The summed E-state index contributed by atoms with van der Waals surface area (Å²) < 4.78 is 0. The van der Waals surface area contributed by atoms with Crippen molar-refractivity contribution in [2.75, 3.05) is 13.2 Å². The molecule has 4 saturated carbocycles. The van der Waals surface area contributed by atoms with Gasteiger partial charge in [0.2, 0.25) is 5.91 Å². The molecule has 4 aliphatic rings. The van der Waals surface area contributed by atoms with Crippen molar-refractivity contribution in [1.29, 1.82) is 0 Å². The van der Waals surface area contributed by atoms with Crippen molar-refractivity contribution in [3.63, 3.8) is 0 Å². The molecular weight excluding hydrogens is 474 g/mol. The molecule has 38 heavy (non-hydrogen) atoms. The second kappa shape index (κ2) is 13.6. The highest BCUT2D eigenvalue weighted by Crippen LogP contribution is 2.67. The van der Waals surface area contributed by atoms with Gasteiger partial charge in [-0.15, -0.1) is 0 Å². The van der Waals surface area contributed by atoms with E-state index in [1.165, 1.54) is 77.0 Å². The molecule has 8 atom stereocenters. The zero-order chi connectivity index (χ0) is 27.2. The SMILES string of the molecule is C[C@]12CCC(=O)C[C@@H]1C[C@@H](CCCCCCCCCCCC(=O)NCCO)[C@@H]1[C@@H]2CC[C@]2(C)[C@@H](O)CC[C@@H]12. The van der Waals surface area contributed by atoms with Gasteiger partial charge in [0.05, 0.1) is 12.7 Å². The van der Waals surface area contributed by atoms with Gasteiger partial charge < -0.3 is 15.5 Å². The fourth-order valence-corrected chi connectivity index (χ4v) is 9.70. The van der Waals surface area contributed by atoms with E-state index in [9.17, 15) is 14.7 Å². The van der Waals surface area contributed by atoms with Gasteiger partial charge in [-0.3, -0.25) is 9.59 Å². The van der Waals surface area contributed by atoms with Gasteiger partial charge >= 0.3 is 0 Å². The zero-order valence-corrected chi connectivity index (χ0v) is 24.5. The third kappa shape index (κ3) is 6.67. The molecule has 4 rings (SSSR count). The number of hydrogen-bond donors (Lipinski definition) is 3. The van der Waals surface area contributed by atoms with E-state index in [1.54, 1.807) is 0 Å². The van der Waals surface area contributed by atoms with Gasteiger partial charge in [-0.1, -0.05) is 71.6 Å². The number of aliphatic hydroxyl groups is 2. The lowest BCUT2D eigenvalue weighted by atomic mass is 9.42. The molecule has 0 radical (unpaired) electrons. The first kappa shape index (κ1) is 30.0. The number of hydrogen-bond acceptors (Lipinski definition) is 4. The van der Waals surface area contributed by atoms with Crippen molar-refractivity contribution in [3.05, 3.63) is 0 Å². The Morgan fingerprint density at radius 1 is 0.895 bits per heavy atom. The summed E-state index contributed by atoms with van der Waals surface area (Å²) in [6.07, 6.45) is 21.5. The molecule has 218 valence electrons. The van der Waals surface area contributed by atoms with Crippen molar-refractivity contribution >= 4 is 11.7 Å². The first-order valence-electron chi connectivity index (χ1n) is 16.4. The van der Waals surface area contributed by atoms with Crippen LogP contribution in [0.15, 0.2) is 0 Å². The molecule has 5 nitrogen and oxygen atoms in total. The van der Waals surface area contributed by atoms with Crippen molar-refractivity contribution in [3.8, 4) is 0 Å². The maximum absolute atomic E-state index is 12.5. The van der Waals surface area contributed by atoms with Crippen LogP contribution in [0.25, 0.3) is 0 Å². The first-order chi connectivity index (χ1) is 18.3. The average molecular weight is 532 g/mol. The lowest BCUT2D eigenvalue weighted by Gasteiger charge is -2.62. The number of unbranched alkanes of at least 4 members (excludes halogenated alkanes) is 8. The second-order valence-corrected chi connectivity index (χ2v) is 14.2. The molecule has 0 unspecified atom stereocenters. The maximum Gasteiger partial charge on any atom is 0.220 e. The molecule has 0 bridgehead atoms. The van der Waals surface area contributed by atoms with Gasteiger partial charge in [0.1, 0.15) is 5.78 Å². The molecule has 0 heterocycles. The first-order valence-corrected chi connectivity index (χ1v) is 16.4. The van der Waals surface area contributed by atoms with Crippen LogP contribution in [0.1, 0.15) is 136 Å². The maximum atomic E-state index is 12.5. The summed E-state index contributed by atoms with van der Waals surface area (Å²) in [5, 5.41) is 22.4. The van der Waals surface area contributed by atoms with E-state index in [-0.39, 0.29) is 24.0 Å². The monoisotopic (exact) mass is 531 g/mol. The number of ketones is 1. The Labute approximate surface area is 232 Å². The Hall–Kier alpha value is -0.940. The zero-order valence-electron chi connectivity index (χ0n) is 24.5. The van der Waals surface area contributed by atoms with Crippen LogP contribution < -0.4 is 5.32 Å². The highest BCUT2D eigenvalue weighted by atomic mass is 16.3. The van der Waals surface area contributed by atoms with Crippen LogP contribution >= 0.6 is 0 Å². The van der Waals surface area contributed by atoms with E-state index < -0.39 is 0 Å². The number of amides is 1. The molecule has 4 aliphatic carbocycles. The van der Waals surface area contributed by atoms with Crippen molar-refractivity contribution in [2.45, 2.75) is 142 Å². The van der Waals surface area contributed by atoms with Gasteiger partial charge in [-0.25, -0.2) is 0 Å². The van der Waals surface area contributed by atoms with Crippen LogP contribution in [0.3, 0.4) is 0 Å². The molecule has 0 aromatic carbocycles. The Balaban J connectivity index is 1.19. The predicted octanol–water partition coefficient (Wildman–Crippen LogP) is 6.58. The molecule has 3 N–H and O–H groups in total. The van der Waals surface area contributed by atoms with Crippen molar-refractivity contribution in [1.82, 2.24) is 5.32 Å². The van der Waals surface area contributed by atoms with Gasteiger partial charge in [-0.2, -0.15) is 0 Å². The smallest absolute Gasteiger partial charge is 0.220 e. The van der Waals surface area contributed by atoms with Crippen LogP contribution in [0.4, 0.5) is 0 Å². The van der Waals surface area contributed by atoms with Crippen LogP contribution in [-0.2, 0) is 9.59 Å². The molecule has 0 aromatic rings. The van der Waals surface area contributed by atoms with E-state index in [0.29, 0.717) is 36.0 Å². The quantitative estimate of drug-likeness (QED) is 0.221. The van der Waals surface area contributed by atoms with E-state index in [1.807, 2.05) is 0 Å². The minimum Gasteiger partial charge on any atom is -0.395 e.